The highest BCUT2D eigenvalue weighted by Crippen LogP contribution is 2.30. The number of hydrogen-bond donors (Lipinski definition) is 2. The second kappa shape index (κ2) is 9.55. The Hall–Kier alpha value is -2.87. The molecule has 0 aliphatic carbocycles. The van der Waals surface area contributed by atoms with Crippen LogP contribution in [0.3, 0.4) is 0 Å². The number of rotatable bonds is 6. The van der Waals surface area contributed by atoms with E-state index in [4.69, 9.17) is 4.74 Å². The Morgan fingerprint density at radius 3 is 2.64 bits per heavy atom. The monoisotopic (exact) mass is 462 g/mol. The van der Waals surface area contributed by atoms with E-state index < -0.39 is 40.9 Å². The third-order valence-corrected chi connectivity index (χ3v) is 6.30. The Morgan fingerprint density at radius 2 is 1.91 bits per heavy atom. The third kappa shape index (κ3) is 4.76. The number of halogens is 4. The number of ether oxygens (including phenoxy) is 1. The van der Waals surface area contributed by atoms with Crippen molar-refractivity contribution in [2.45, 2.75) is 58.1 Å². The van der Waals surface area contributed by atoms with Gasteiger partial charge in [0.25, 0.3) is 0 Å². The van der Waals surface area contributed by atoms with Crippen LogP contribution in [0, 0.1) is 30.2 Å². The first kappa shape index (κ1) is 23.3. The number of aromatic nitrogens is 1. The minimum atomic E-state index is -1.94. The molecule has 4 rings (SSSR count). The van der Waals surface area contributed by atoms with Crippen molar-refractivity contribution in [1.82, 2.24) is 10.3 Å². The molecule has 0 saturated carbocycles. The summed E-state index contributed by atoms with van der Waals surface area (Å²) < 4.78 is 59.9. The molecule has 1 saturated heterocycles. The molecule has 176 valence electrons. The average molecular weight is 462 g/mol. The first-order valence-electron chi connectivity index (χ1n) is 11.1. The summed E-state index contributed by atoms with van der Waals surface area (Å²) in [5.41, 5.74) is 2.09. The van der Waals surface area contributed by atoms with Gasteiger partial charge in [0.15, 0.2) is 23.3 Å². The third-order valence-electron chi connectivity index (χ3n) is 6.30. The molecule has 1 aliphatic rings. The molecule has 2 heterocycles. The topological polar surface area (TPSA) is 54.1 Å². The first-order valence-corrected chi connectivity index (χ1v) is 11.1. The number of carbonyl (C=O) groups excluding carboxylic acids is 1. The fraction of sp³-hybridized carbons (Fsp3) is 0.400. The molecule has 2 atom stereocenters. The van der Waals surface area contributed by atoms with Gasteiger partial charge in [-0.15, -0.1) is 0 Å². The van der Waals surface area contributed by atoms with E-state index in [0.29, 0.717) is 23.2 Å². The summed E-state index contributed by atoms with van der Waals surface area (Å²) in [5.74, 6) is -7.73. The lowest BCUT2D eigenvalue weighted by Crippen LogP contribution is -2.34. The summed E-state index contributed by atoms with van der Waals surface area (Å²) in [7, 11) is 0. The van der Waals surface area contributed by atoms with Gasteiger partial charge in [0, 0.05) is 28.2 Å². The van der Waals surface area contributed by atoms with Gasteiger partial charge in [0.1, 0.15) is 6.10 Å². The smallest absolute Gasteiger partial charge is 0.341 e. The number of carbonyl (C=O) groups is 1. The van der Waals surface area contributed by atoms with Crippen LogP contribution in [-0.2, 0) is 11.2 Å². The van der Waals surface area contributed by atoms with Gasteiger partial charge in [-0.2, -0.15) is 0 Å². The van der Waals surface area contributed by atoms with Gasteiger partial charge in [0.05, 0.1) is 5.56 Å². The van der Waals surface area contributed by atoms with Crippen LogP contribution in [-0.4, -0.2) is 23.5 Å². The lowest BCUT2D eigenvalue weighted by atomic mass is 9.97. The molecule has 0 bridgehead atoms. The SMILES string of the molecule is Cc1[nH]c2ccc(CCC3CCCCN3)cc2c1C(=O)OC(C)c1cc(F)c(F)c(F)c1F. The normalized spacial score (nSPS) is 17.3. The van der Waals surface area contributed by atoms with Crippen LogP contribution in [0.1, 0.15) is 65.9 Å². The molecular formula is C25H26F4N2O2. The van der Waals surface area contributed by atoms with Gasteiger partial charge < -0.3 is 15.0 Å². The lowest BCUT2D eigenvalue weighted by Gasteiger charge is -2.23. The number of H-pyrrole nitrogens is 1. The molecule has 1 aromatic heterocycles. The number of fused-ring (bicyclic) bond motifs is 1. The van der Waals surface area contributed by atoms with Crippen LogP contribution < -0.4 is 5.32 Å². The van der Waals surface area contributed by atoms with E-state index in [9.17, 15) is 22.4 Å². The van der Waals surface area contributed by atoms with Crippen LogP contribution in [0.4, 0.5) is 17.6 Å². The molecule has 1 aliphatic heterocycles. The van der Waals surface area contributed by atoms with Crippen LogP contribution in [0.15, 0.2) is 24.3 Å². The zero-order valence-corrected chi connectivity index (χ0v) is 18.5. The van der Waals surface area contributed by atoms with Crippen molar-refractivity contribution < 1.29 is 27.1 Å². The van der Waals surface area contributed by atoms with Crippen molar-refractivity contribution in [3.05, 3.63) is 69.9 Å². The average Bonchev–Trinajstić information content (AvgIpc) is 3.14. The second-order valence-electron chi connectivity index (χ2n) is 8.63. The predicted octanol–water partition coefficient (Wildman–Crippen LogP) is 6.03. The number of hydrogen-bond acceptors (Lipinski definition) is 3. The van der Waals surface area contributed by atoms with E-state index in [1.807, 2.05) is 18.2 Å². The molecule has 2 unspecified atom stereocenters. The summed E-state index contributed by atoms with van der Waals surface area (Å²) in [6.45, 7) is 4.03. The maximum absolute atomic E-state index is 14.1. The quantitative estimate of drug-likeness (QED) is 0.204. The van der Waals surface area contributed by atoms with Crippen molar-refractivity contribution in [3.8, 4) is 0 Å². The minimum Gasteiger partial charge on any atom is -0.454 e. The molecular weight excluding hydrogens is 436 g/mol. The molecule has 0 amide bonds. The van der Waals surface area contributed by atoms with Crippen LogP contribution in [0.5, 0.6) is 0 Å². The Bertz CT molecular complexity index is 1190. The number of nitrogens with one attached hydrogen (secondary N) is 2. The Kier molecular flexibility index (Phi) is 6.74. The van der Waals surface area contributed by atoms with Crippen molar-refractivity contribution >= 4 is 16.9 Å². The predicted molar refractivity (Wildman–Crippen MR) is 117 cm³/mol. The zero-order chi connectivity index (χ0) is 23.7. The summed E-state index contributed by atoms with van der Waals surface area (Å²) in [4.78, 5) is 16.1. The maximum Gasteiger partial charge on any atom is 0.341 e. The number of aryl methyl sites for hydroxylation is 2. The standard InChI is InChI=1S/C25H26F4N2O2/c1-13-21(25(32)33-14(2)17-12-19(26)23(28)24(29)22(17)27)18-11-15(7-9-20(18)31-13)6-8-16-5-3-4-10-30-16/h7,9,11-12,14,16,30-31H,3-6,8,10H2,1-2H3. The largest absolute Gasteiger partial charge is 0.454 e. The molecule has 2 aromatic carbocycles. The van der Waals surface area contributed by atoms with Gasteiger partial charge in [0.2, 0.25) is 0 Å². The highest BCUT2D eigenvalue weighted by molar-refractivity contribution is 6.05. The number of benzene rings is 2. The molecule has 3 aromatic rings. The van der Waals surface area contributed by atoms with Crippen molar-refractivity contribution in [2.24, 2.45) is 0 Å². The minimum absolute atomic E-state index is 0.276. The van der Waals surface area contributed by atoms with Gasteiger partial charge >= 0.3 is 5.97 Å². The lowest BCUT2D eigenvalue weighted by molar-refractivity contribution is 0.0330. The zero-order valence-electron chi connectivity index (χ0n) is 18.5. The Balaban J connectivity index is 1.55. The molecule has 1 fully saturated rings. The van der Waals surface area contributed by atoms with Gasteiger partial charge in [-0.3, -0.25) is 0 Å². The van der Waals surface area contributed by atoms with E-state index in [0.717, 1.165) is 36.9 Å². The fourth-order valence-electron chi connectivity index (χ4n) is 4.47. The fourth-order valence-corrected chi connectivity index (χ4v) is 4.47. The Morgan fingerprint density at radius 1 is 1.12 bits per heavy atom. The maximum atomic E-state index is 14.1. The van der Waals surface area contributed by atoms with Gasteiger partial charge in [-0.05, 0) is 69.8 Å². The highest BCUT2D eigenvalue weighted by Gasteiger charge is 2.26. The molecule has 33 heavy (non-hydrogen) atoms. The molecule has 0 radical (unpaired) electrons. The van der Waals surface area contributed by atoms with Crippen molar-refractivity contribution in [1.29, 1.82) is 0 Å². The Labute approximate surface area is 189 Å². The van der Waals surface area contributed by atoms with Crippen LogP contribution in [0.25, 0.3) is 10.9 Å². The summed E-state index contributed by atoms with van der Waals surface area (Å²) in [6.07, 6.45) is 4.10. The van der Waals surface area contributed by atoms with Gasteiger partial charge in [-0.25, -0.2) is 22.4 Å². The van der Waals surface area contributed by atoms with E-state index in [2.05, 4.69) is 10.3 Å². The summed E-state index contributed by atoms with van der Waals surface area (Å²) in [6, 6.07) is 6.83. The van der Waals surface area contributed by atoms with Gasteiger partial charge in [-0.1, -0.05) is 12.5 Å². The van der Waals surface area contributed by atoms with Crippen molar-refractivity contribution in [3.63, 3.8) is 0 Å². The molecule has 8 heteroatoms. The molecule has 0 spiro atoms. The highest BCUT2D eigenvalue weighted by atomic mass is 19.2. The molecule has 2 N–H and O–H groups in total. The molecule has 4 nitrogen and oxygen atoms in total. The number of esters is 1. The van der Waals surface area contributed by atoms with E-state index in [1.165, 1.54) is 19.8 Å². The summed E-state index contributed by atoms with van der Waals surface area (Å²) in [5, 5.41) is 4.19. The number of aromatic amines is 1. The summed E-state index contributed by atoms with van der Waals surface area (Å²) >= 11 is 0. The van der Waals surface area contributed by atoms with Crippen LogP contribution in [0.2, 0.25) is 0 Å². The van der Waals surface area contributed by atoms with E-state index >= 15 is 0 Å². The van der Waals surface area contributed by atoms with E-state index in [1.54, 1.807) is 6.92 Å². The number of piperidine rings is 1. The first-order chi connectivity index (χ1) is 15.8. The second-order valence-corrected chi connectivity index (χ2v) is 8.63. The van der Waals surface area contributed by atoms with Crippen molar-refractivity contribution in [2.75, 3.05) is 6.54 Å². The van der Waals surface area contributed by atoms with Crippen LogP contribution >= 0.6 is 0 Å². The van der Waals surface area contributed by atoms with E-state index in [-0.39, 0.29) is 5.56 Å².